The van der Waals surface area contributed by atoms with Crippen LogP contribution in [-0.2, 0) is 4.74 Å². The largest absolute Gasteiger partial charge is 0.489 e. The van der Waals surface area contributed by atoms with E-state index < -0.39 is 0 Å². The Balaban J connectivity index is 1.57. The Morgan fingerprint density at radius 1 is 1.23 bits per heavy atom. The van der Waals surface area contributed by atoms with Gasteiger partial charge in [-0.2, -0.15) is 0 Å². The molecule has 2 aliphatic heterocycles. The fraction of sp³-hybridized carbons (Fsp3) is 0.474. The second kappa shape index (κ2) is 6.99. The van der Waals surface area contributed by atoms with E-state index in [1.165, 1.54) is 6.26 Å². The highest BCUT2D eigenvalue weighted by Gasteiger charge is 2.29. The molecule has 1 aromatic heterocycles. The summed E-state index contributed by atoms with van der Waals surface area (Å²) in [4.78, 5) is 21.2. The van der Waals surface area contributed by atoms with Crippen molar-refractivity contribution >= 4 is 17.3 Å². The fourth-order valence-electron chi connectivity index (χ4n) is 3.35. The van der Waals surface area contributed by atoms with Crippen LogP contribution in [0.4, 0.5) is 11.4 Å². The first-order chi connectivity index (χ1) is 12.6. The lowest BCUT2D eigenvalue weighted by Gasteiger charge is -2.30. The highest BCUT2D eigenvalue weighted by atomic mass is 16.5. The van der Waals surface area contributed by atoms with Crippen LogP contribution in [0.15, 0.2) is 28.9 Å². The standard InChI is InChI=1S/C19H23N3O4/c1-21(2)14-3-4-16-17(11-14)25-10-7-22(16)19(23)15-12-26-18(20-15)13-5-8-24-9-6-13/h3-4,11-13H,5-10H2,1-2H3. The molecule has 0 bridgehead atoms. The number of aromatic nitrogens is 1. The lowest BCUT2D eigenvalue weighted by Crippen LogP contribution is -2.38. The zero-order chi connectivity index (χ0) is 18.1. The summed E-state index contributed by atoms with van der Waals surface area (Å²) in [7, 11) is 3.95. The smallest absolute Gasteiger partial charge is 0.280 e. The molecular formula is C19H23N3O4. The Kier molecular flexibility index (Phi) is 4.55. The van der Waals surface area contributed by atoms with Gasteiger partial charge in [-0.05, 0) is 25.0 Å². The van der Waals surface area contributed by atoms with Crippen LogP contribution in [0.3, 0.4) is 0 Å². The fourth-order valence-corrected chi connectivity index (χ4v) is 3.35. The molecule has 138 valence electrons. The highest BCUT2D eigenvalue weighted by Crippen LogP contribution is 2.36. The van der Waals surface area contributed by atoms with Crippen molar-refractivity contribution in [1.82, 2.24) is 4.98 Å². The average Bonchev–Trinajstić information content (AvgIpc) is 3.17. The summed E-state index contributed by atoms with van der Waals surface area (Å²) in [6.45, 7) is 2.37. The molecule has 2 aromatic rings. The third kappa shape index (κ3) is 3.14. The van der Waals surface area contributed by atoms with Gasteiger partial charge in [0.1, 0.15) is 18.6 Å². The van der Waals surface area contributed by atoms with E-state index in [4.69, 9.17) is 13.9 Å². The predicted octanol–water partition coefficient (Wildman–Crippen LogP) is 2.67. The monoisotopic (exact) mass is 357 g/mol. The van der Waals surface area contributed by atoms with Crippen molar-refractivity contribution in [1.29, 1.82) is 0 Å². The maximum atomic E-state index is 13.0. The van der Waals surface area contributed by atoms with Crippen LogP contribution in [0.25, 0.3) is 0 Å². The molecule has 1 aromatic carbocycles. The van der Waals surface area contributed by atoms with Crippen molar-refractivity contribution in [2.45, 2.75) is 18.8 Å². The van der Waals surface area contributed by atoms with Gasteiger partial charge in [0.05, 0.1) is 12.2 Å². The van der Waals surface area contributed by atoms with Gasteiger partial charge < -0.3 is 18.8 Å². The first-order valence-corrected chi connectivity index (χ1v) is 8.92. The Labute approximate surface area is 152 Å². The summed E-state index contributed by atoms with van der Waals surface area (Å²) in [5, 5.41) is 0. The molecule has 0 radical (unpaired) electrons. The van der Waals surface area contributed by atoms with Gasteiger partial charge >= 0.3 is 0 Å². The van der Waals surface area contributed by atoms with E-state index >= 15 is 0 Å². The third-order valence-corrected chi connectivity index (χ3v) is 4.88. The number of carbonyl (C=O) groups excluding carboxylic acids is 1. The minimum Gasteiger partial charge on any atom is -0.489 e. The SMILES string of the molecule is CN(C)c1ccc2c(c1)OCCN2C(=O)c1coc(C2CCOCC2)n1. The molecular weight excluding hydrogens is 334 g/mol. The number of hydrogen-bond donors (Lipinski definition) is 0. The molecule has 0 aliphatic carbocycles. The number of hydrogen-bond acceptors (Lipinski definition) is 6. The molecule has 26 heavy (non-hydrogen) atoms. The van der Waals surface area contributed by atoms with Crippen molar-refractivity contribution in [2.75, 3.05) is 50.3 Å². The zero-order valence-electron chi connectivity index (χ0n) is 15.1. The maximum absolute atomic E-state index is 13.0. The number of nitrogens with zero attached hydrogens (tertiary/aromatic N) is 3. The number of fused-ring (bicyclic) bond motifs is 1. The second-order valence-electron chi connectivity index (χ2n) is 6.81. The van der Waals surface area contributed by atoms with Gasteiger partial charge in [-0.15, -0.1) is 0 Å². The van der Waals surface area contributed by atoms with Gasteiger partial charge in [0.15, 0.2) is 11.6 Å². The van der Waals surface area contributed by atoms with Crippen LogP contribution in [0.2, 0.25) is 0 Å². The first-order valence-electron chi connectivity index (χ1n) is 8.92. The van der Waals surface area contributed by atoms with E-state index in [1.807, 2.05) is 37.2 Å². The van der Waals surface area contributed by atoms with E-state index in [0.717, 1.165) is 24.2 Å². The molecule has 4 rings (SSSR count). The van der Waals surface area contributed by atoms with E-state index in [2.05, 4.69) is 4.98 Å². The van der Waals surface area contributed by atoms with Gasteiger partial charge in [0, 0.05) is 45.0 Å². The highest BCUT2D eigenvalue weighted by molar-refractivity contribution is 6.05. The Bertz CT molecular complexity index is 796. The number of ether oxygens (including phenoxy) is 2. The van der Waals surface area contributed by atoms with Gasteiger partial charge in [-0.1, -0.05) is 0 Å². The van der Waals surface area contributed by atoms with Gasteiger partial charge in [-0.3, -0.25) is 9.69 Å². The predicted molar refractivity (Wildman–Crippen MR) is 97.2 cm³/mol. The number of benzene rings is 1. The number of anilines is 2. The van der Waals surface area contributed by atoms with Crippen molar-refractivity contribution in [3.63, 3.8) is 0 Å². The van der Waals surface area contributed by atoms with Crippen LogP contribution < -0.4 is 14.5 Å². The van der Waals surface area contributed by atoms with Crippen molar-refractivity contribution in [3.05, 3.63) is 36.0 Å². The molecule has 7 nitrogen and oxygen atoms in total. The topological polar surface area (TPSA) is 68.0 Å². The van der Waals surface area contributed by atoms with Crippen molar-refractivity contribution in [2.24, 2.45) is 0 Å². The molecule has 0 unspecified atom stereocenters. The van der Waals surface area contributed by atoms with Crippen LogP contribution >= 0.6 is 0 Å². The summed E-state index contributed by atoms with van der Waals surface area (Å²) < 4.78 is 16.7. The van der Waals surface area contributed by atoms with E-state index in [-0.39, 0.29) is 11.8 Å². The summed E-state index contributed by atoms with van der Waals surface area (Å²) in [6.07, 6.45) is 3.22. The molecule has 1 saturated heterocycles. The number of amides is 1. The third-order valence-electron chi connectivity index (χ3n) is 4.88. The lowest BCUT2D eigenvalue weighted by atomic mass is 10.0. The number of oxazole rings is 1. The molecule has 7 heteroatoms. The zero-order valence-corrected chi connectivity index (χ0v) is 15.1. The summed E-state index contributed by atoms with van der Waals surface area (Å²) in [5.41, 5.74) is 2.14. The maximum Gasteiger partial charge on any atom is 0.280 e. The number of rotatable bonds is 3. The van der Waals surface area contributed by atoms with Crippen LogP contribution in [-0.4, -0.2) is 51.4 Å². The molecule has 0 atom stereocenters. The minimum absolute atomic E-state index is 0.158. The van der Waals surface area contributed by atoms with Crippen LogP contribution in [0.1, 0.15) is 35.1 Å². The Morgan fingerprint density at radius 2 is 2.04 bits per heavy atom. The Hall–Kier alpha value is -2.54. The second-order valence-corrected chi connectivity index (χ2v) is 6.81. The first kappa shape index (κ1) is 16.9. The van der Waals surface area contributed by atoms with Crippen LogP contribution in [0, 0.1) is 0 Å². The van der Waals surface area contributed by atoms with E-state index in [0.29, 0.717) is 43.7 Å². The molecule has 3 heterocycles. The molecule has 0 saturated carbocycles. The van der Waals surface area contributed by atoms with E-state index in [9.17, 15) is 4.79 Å². The molecule has 1 amide bonds. The summed E-state index contributed by atoms with van der Waals surface area (Å²) >= 11 is 0. The molecule has 1 fully saturated rings. The quantitative estimate of drug-likeness (QED) is 0.841. The van der Waals surface area contributed by atoms with Gasteiger partial charge in [0.2, 0.25) is 0 Å². The molecule has 0 N–H and O–H groups in total. The number of carbonyl (C=O) groups is 1. The normalized spacial score (nSPS) is 17.5. The molecule has 2 aliphatic rings. The van der Waals surface area contributed by atoms with Crippen LogP contribution in [0.5, 0.6) is 5.75 Å². The van der Waals surface area contributed by atoms with Gasteiger partial charge in [-0.25, -0.2) is 4.98 Å². The van der Waals surface area contributed by atoms with Gasteiger partial charge in [0.25, 0.3) is 5.91 Å². The van der Waals surface area contributed by atoms with E-state index in [1.54, 1.807) is 4.90 Å². The Morgan fingerprint density at radius 3 is 2.81 bits per heavy atom. The molecule has 0 spiro atoms. The van der Waals surface area contributed by atoms with Crippen molar-refractivity contribution in [3.8, 4) is 5.75 Å². The van der Waals surface area contributed by atoms with Crippen molar-refractivity contribution < 1.29 is 18.7 Å². The lowest BCUT2D eigenvalue weighted by molar-refractivity contribution is 0.0794. The summed E-state index contributed by atoms with van der Waals surface area (Å²) in [5.74, 6) is 1.41. The average molecular weight is 357 g/mol. The summed E-state index contributed by atoms with van der Waals surface area (Å²) in [6, 6.07) is 5.84. The minimum atomic E-state index is -0.158.